The zero-order valence-corrected chi connectivity index (χ0v) is 7.63. The molecular weight excluding hydrogens is 178 g/mol. The first kappa shape index (κ1) is 4.11. The molecule has 1 unspecified atom stereocenters. The molecule has 76 valence electrons. The highest BCUT2D eigenvalue weighted by Gasteiger charge is 2.13. The minimum absolute atomic E-state index is 0.0856. The number of benzene rings is 1. The van der Waals surface area contributed by atoms with E-state index in [0.29, 0.717) is 0 Å². The van der Waals surface area contributed by atoms with E-state index < -0.39 is 26.1 Å². The fourth-order valence-electron chi connectivity index (χ4n) is 1.16. The number of hydrogen-bond acceptors (Lipinski definition) is 3. The van der Waals surface area contributed by atoms with Gasteiger partial charge in [-0.25, -0.2) is 0 Å². The molecule has 0 aromatic heterocycles. The van der Waals surface area contributed by atoms with Gasteiger partial charge in [-0.3, -0.25) is 0 Å². The maximum Gasteiger partial charge on any atom is 0.231 e. The van der Waals surface area contributed by atoms with Crippen molar-refractivity contribution >= 4 is 0 Å². The highest BCUT2D eigenvalue weighted by molar-refractivity contribution is 5.44. The summed E-state index contributed by atoms with van der Waals surface area (Å²) in [5.74, 6) is 0.262. The summed E-state index contributed by atoms with van der Waals surface area (Å²) in [6.45, 7) is -3.31. The Balaban J connectivity index is 2.26. The van der Waals surface area contributed by atoms with Gasteiger partial charge in [0.15, 0.2) is 11.5 Å². The lowest BCUT2D eigenvalue weighted by molar-refractivity contribution is 0.174. The molecule has 1 heterocycles. The topological polar surface area (TPSA) is 30.5 Å². The van der Waals surface area contributed by atoms with Crippen LogP contribution in [0.3, 0.4) is 0 Å². The van der Waals surface area contributed by atoms with Crippen LogP contribution >= 0.6 is 0 Å². The van der Waals surface area contributed by atoms with Crippen molar-refractivity contribution < 1.29 is 19.1 Å². The maximum absolute atomic E-state index is 8.08. The maximum atomic E-state index is 8.08. The number of ether oxygens (including phenoxy) is 2. The van der Waals surface area contributed by atoms with E-state index >= 15 is 0 Å². The van der Waals surface area contributed by atoms with Crippen molar-refractivity contribution in [2.45, 2.75) is 19.3 Å². The molecular formula is C11H15NO2. The first-order valence-electron chi connectivity index (χ1n) is 7.71. The second-order valence-corrected chi connectivity index (χ2v) is 2.96. The van der Waals surface area contributed by atoms with Crippen LogP contribution in [0.15, 0.2) is 18.2 Å². The van der Waals surface area contributed by atoms with Crippen LogP contribution < -0.4 is 14.8 Å². The van der Waals surface area contributed by atoms with Gasteiger partial charge in [0, 0.05) is 12.9 Å². The lowest BCUT2D eigenvalue weighted by atomic mass is 10.1. The van der Waals surface area contributed by atoms with Crippen molar-refractivity contribution in [3.63, 3.8) is 0 Å². The van der Waals surface area contributed by atoms with Gasteiger partial charge in [0.1, 0.15) is 2.74 Å². The zero-order chi connectivity index (χ0) is 16.1. The van der Waals surface area contributed by atoms with Crippen LogP contribution in [-0.4, -0.2) is 19.8 Å². The molecule has 0 spiro atoms. The number of likely N-dealkylation sites (N-methyl/N-ethyl adjacent to an activating group) is 1. The predicted octanol–water partition coefficient (Wildman–Crippen LogP) is 1.57. The summed E-state index contributed by atoms with van der Waals surface area (Å²) in [5, 5.41) is 2.22. The van der Waals surface area contributed by atoms with Gasteiger partial charge >= 0.3 is 0 Å². The van der Waals surface area contributed by atoms with E-state index in [1.807, 2.05) is 0 Å². The number of hydrogen-bond donors (Lipinski definition) is 1. The Hall–Kier alpha value is -1.22. The van der Waals surface area contributed by atoms with E-state index in [0.717, 1.165) is 0 Å². The van der Waals surface area contributed by atoms with Crippen LogP contribution in [0.5, 0.6) is 11.5 Å². The van der Waals surface area contributed by atoms with Gasteiger partial charge in [0.05, 0.1) is 0 Å². The molecule has 0 fully saturated rings. The Labute approximate surface area is 93.9 Å². The molecule has 0 saturated carbocycles. The quantitative estimate of drug-likeness (QED) is 0.803. The van der Waals surface area contributed by atoms with Gasteiger partial charge in [0.25, 0.3) is 0 Å². The third-order valence-electron chi connectivity index (χ3n) is 1.85. The van der Waals surface area contributed by atoms with Crippen LogP contribution in [0.4, 0.5) is 0 Å². The smallest absolute Gasteiger partial charge is 0.231 e. The van der Waals surface area contributed by atoms with Gasteiger partial charge < -0.3 is 14.8 Å². The highest BCUT2D eigenvalue weighted by Crippen LogP contribution is 2.32. The third-order valence-corrected chi connectivity index (χ3v) is 1.85. The zero-order valence-electron chi connectivity index (χ0n) is 14.6. The fourth-order valence-corrected chi connectivity index (χ4v) is 1.16. The van der Waals surface area contributed by atoms with Gasteiger partial charge in [-0.2, -0.15) is 0 Å². The second kappa shape index (κ2) is 3.88. The van der Waals surface area contributed by atoms with Crippen molar-refractivity contribution in [2.24, 2.45) is 0 Å². The van der Waals surface area contributed by atoms with Crippen molar-refractivity contribution in [1.29, 1.82) is 0 Å². The average molecular weight is 200 g/mol. The monoisotopic (exact) mass is 200 g/mol. The lowest BCUT2D eigenvalue weighted by Crippen LogP contribution is -2.23. The normalized spacial score (nSPS) is 28.5. The molecule has 0 amide bonds. The molecule has 0 saturated heterocycles. The number of rotatable bonds is 3. The Morgan fingerprint density at radius 3 is 3.36 bits per heavy atom. The van der Waals surface area contributed by atoms with Crippen LogP contribution in [0.2, 0.25) is 0 Å². The molecule has 1 N–H and O–H groups in total. The molecule has 1 aliphatic heterocycles. The Morgan fingerprint density at radius 2 is 2.50 bits per heavy atom. The van der Waals surface area contributed by atoms with E-state index in [9.17, 15) is 0 Å². The third kappa shape index (κ3) is 1.82. The lowest BCUT2D eigenvalue weighted by Gasteiger charge is -2.09. The van der Waals surface area contributed by atoms with Crippen LogP contribution in [-0.2, 0) is 6.37 Å². The number of fused-ring (bicyclic) bond motifs is 1. The predicted molar refractivity (Wildman–Crippen MR) is 54.8 cm³/mol. The average Bonchev–Trinajstić information content (AvgIpc) is 2.59. The molecule has 1 aliphatic rings. The van der Waals surface area contributed by atoms with E-state index in [1.165, 1.54) is 25.1 Å². The molecule has 3 nitrogen and oxygen atoms in total. The van der Waals surface area contributed by atoms with Crippen LogP contribution in [0, 0.1) is 0 Å². The Morgan fingerprint density at radius 1 is 1.64 bits per heavy atom. The SMILES string of the molecule is [2H]C([2H])([2H])NC(C)C([2H])([2H])c1ccc2c(c1)OC([2H])([2H])O2. The van der Waals surface area contributed by atoms with E-state index in [1.54, 1.807) is 0 Å². The Kier molecular flexibility index (Phi) is 1.14. The largest absolute Gasteiger partial charge is 0.454 e. The van der Waals surface area contributed by atoms with Crippen molar-refractivity contribution in [3.8, 4) is 11.5 Å². The summed E-state index contributed by atoms with van der Waals surface area (Å²) in [7, 11) is 0. The first-order chi connectivity index (χ1) is 9.41. The molecule has 1 aromatic carbocycles. The summed E-state index contributed by atoms with van der Waals surface area (Å²) >= 11 is 0. The summed E-state index contributed by atoms with van der Waals surface area (Å²) in [6, 6.07) is 3.15. The minimum atomic E-state index is -2.46. The number of nitrogens with one attached hydrogen (secondary N) is 1. The van der Waals surface area contributed by atoms with Gasteiger partial charge in [-0.15, -0.1) is 0 Å². The summed E-state index contributed by atoms with van der Waals surface area (Å²) in [6.07, 6.45) is -1.98. The van der Waals surface area contributed by atoms with E-state index in [4.69, 9.17) is 19.1 Å². The van der Waals surface area contributed by atoms with Crippen LogP contribution in [0.25, 0.3) is 0 Å². The molecule has 2 rings (SSSR count). The fraction of sp³-hybridized carbons (Fsp3) is 0.455. The highest BCUT2D eigenvalue weighted by atomic mass is 16.7. The van der Waals surface area contributed by atoms with Gasteiger partial charge in [0.2, 0.25) is 6.75 Å². The standard InChI is InChI=1S/C11H15NO2/c1-8(12-2)5-9-3-4-10-11(6-9)14-7-13-10/h3-4,6,8,12H,5,7H2,1-2H3/i2D3,5D2,7D2. The van der Waals surface area contributed by atoms with Crippen molar-refractivity contribution in [3.05, 3.63) is 23.8 Å². The molecule has 0 aliphatic carbocycles. The van der Waals surface area contributed by atoms with Crippen molar-refractivity contribution in [1.82, 2.24) is 5.32 Å². The molecule has 3 heteroatoms. The molecule has 0 bridgehead atoms. The summed E-state index contributed by atoms with van der Waals surface area (Å²) in [5.41, 5.74) is 0.173. The molecule has 1 atom stereocenters. The van der Waals surface area contributed by atoms with E-state index in [2.05, 4.69) is 5.32 Å². The van der Waals surface area contributed by atoms with Crippen LogP contribution in [0.1, 0.15) is 22.1 Å². The molecule has 1 aromatic rings. The molecule has 14 heavy (non-hydrogen) atoms. The minimum Gasteiger partial charge on any atom is -0.454 e. The first-order valence-corrected chi connectivity index (χ1v) is 4.21. The van der Waals surface area contributed by atoms with Crippen molar-refractivity contribution in [2.75, 3.05) is 13.7 Å². The van der Waals surface area contributed by atoms with Gasteiger partial charge in [-0.05, 0) is 38.0 Å². The molecule has 0 radical (unpaired) electrons. The van der Waals surface area contributed by atoms with E-state index in [-0.39, 0.29) is 17.1 Å². The van der Waals surface area contributed by atoms with Gasteiger partial charge in [-0.1, -0.05) is 6.07 Å². The summed E-state index contributed by atoms with van der Waals surface area (Å²) in [4.78, 5) is 0. The second-order valence-electron chi connectivity index (χ2n) is 2.96. The Bertz CT molecular complexity index is 544. The summed E-state index contributed by atoms with van der Waals surface area (Å²) < 4.78 is 62.1.